The standard InChI is InChI=1S/C21H25N/c1-2-3-16-4-6-17(7-5-16)18-8-10-19(11-9-18)20-12-14-21(22)15-13-20/h2,8-17H,1,3-7,22H2/t16-,17-. The van der Waals surface area contributed by atoms with E-state index >= 15 is 0 Å². The van der Waals surface area contributed by atoms with Gasteiger partial charge in [-0.2, -0.15) is 0 Å². The molecule has 0 aromatic heterocycles. The fourth-order valence-corrected chi connectivity index (χ4v) is 3.59. The van der Waals surface area contributed by atoms with Gasteiger partial charge in [0, 0.05) is 5.69 Å². The van der Waals surface area contributed by atoms with Crippen molar-refractivity contribution in [3.05, 3.63) is 66.7 Å². The van der Waals surface area contributed by atoms with Crippen molar-refractivity contribution in [1.82, 2.24) is 0 Å². The summed E-state index contributed by atoms with van der Waals surface area (Å²) in [5.41, 5.74) is 10.6. The number of hydrogen-bond acceptors (Lipinski definition) is 1. The van der Waals surface area contributed by atoms with Crippen molar-refractivity contribution in [2.45, 2.75) is 38.0 Å². The van der Waals surface area contributed by atoms with Crippen LogP contribution in [0.1, 0.15) is 43.6 Å². The first kappa shape index (κ1) is 14.9. The molecule has 22 heavy (non-hydrogen) atoms. The van der Waals surface area contributed by atoms with E-state index < -0.39 is 0 Å². The molecular formula is C21H25N. The highest BCUT2D eigenvalue weighted by Crippen LogP contribution is 2.37. The highest BCUT2D eigenvalue weighted by atomic mass is 14.5. The molecule has 0 unspecified atom stereocenters. The van der Waals surface area contributed by atoms with Gasteiger partial charge in [0.1, 0.15) is 0 Å². The molecule has 2 aromatic carbocycles. The zero-order valence-electron chi connectivity index (χ0n) is 13.2. The van der Waals surface area contributed by atoms with Crippen LogP contribution < -0.4 is 5.73 Å². The first-order valence-electron chi connectivity index (χ1n) is 8.33. The van der Waals surface area contributed by atoms with Gasteiger partial charge in [0.05, 0.1) is 0 Å². The predicted octanol–water partition coefficient (Wildman–Crippen LogP) is 5.79. The molecule has 0 spiro atoms. The Kier molecular flexibility index (Phi) is 4.62. The van der Waals surface area contributed by atoms with Crippen LogP contribution in [-0.4, -0.2) is 0 Å². The van der Waals surface area contributed by atoms with Gasteiger partial charge >= 0.3 is 0 Å². The van der Waals surface area contributed by atoms with E-state index in [0.29, 0.717) is 0 Å². The number of benzene rings is 2. The lowest BCUT2D eigenvalue weighted by Crippen LogP contribution is -2.12. The highest BCUT2D eigenvalue weighted by molar-refractivity contribution is 5.65. The molecule has 1 fully saturated rings. The third-order valence-corrected chi connectivity index (χ3v) is 4.97. The molecule has 0 saturated heterocycles. The molecule has 0 heterocycles. The average molecular weight is 291 g/mol. The van der Waals surface area contributed by atoms with Crippen LogP contribution in [0.25, 0.3) is 11.1 Å². The van der Waals surface area contributed by atoms with Gasteiger partial charge in [-0.1, -0.05) is 42.5 Å². The van der Waals surface area contributed by atoms with Crippen molar-refractivity contribution in [2.24, 2.45) is 5.92 Å². The second-order valence-corrected chi connectivity index (χ2v) is 6.49. The molecule has 3 rings (SSSR count). The zero-order chi connectivity index (χ0) is 15.4. The first-order chi connectivity index (χ1) is 10.8. The normalized spacial score (nSPS) is 21.5. The van der Waals surface area contributed by atoms with E-state index in [-0.39, 0.29) is 0 Å². The second-order valence-electron chi connectivity index (χ2n) is 6.49. The molecule has 1 saturated carbocycles. The molecule has 0 radical (unpaired) electrons. The predicted molar refractivity (Wildman–Crippen MR) is 95.8 cm³/mol. The molecule has 114 valence electrons. The quantitative estimate of drug-likeness (QED) is 0.560. The first-order valence-corrected chi connectivity index (χ1v) is 8.33. The minimum absolute atomic E-state index is 0.738. The maximum absolute atomic E-state index is 5.75. The average Bonchev–Trinajstić information content (AvgIpc) is 2.57. The number of allylic oxidation sites excluding steroid dienone is 1. The zero-order valence-corrected chi connectivity index (χ0v) is 13.2. The minimum atomic E-state index is 0.738. The maximum Gasteiger partial charge on any atom is 0.0314 e. The molecule has 1 aliphatic carbocycles. The van der Waals surface area contributed by atoms with Crippen molar-refractivity contribution >= 4 is 5.69 Å². The summed E-state index contributed by atoms with van der Waals surface area (Å²) in [4.78, 5) is 0. The lowest BCUT2D eigenvalue weighted by Gasteiger charge is -2.28. The van der Waals surface area contributed by atoms with Crippen LogP contribution in [0.5, 0.6) is 0 Å². The van der Waals surface area contributed by atoms with E-state index in [2.05, 4.69) is 49.1 Å². The third kappa shape index (κ3) is 3.41. The summed E-state index contributed by atoms with van der Waals surface area (Å²) in [6.07, 6.45) is 8.58. The fourth-order valence-electron chi connectivity index (χ4n) is 3.59. The van der Waals surface area contributed by atoms with Crippen LogP contribution >= 0.6 is 0 Å². The van der Waals surface area contributed by atoms with Crippen LogP contribution in [0.3, 0.4) is 0 Å². The molecule has 1 aliphatic rings. The van der Waals surface area contributed by atoms with Gasteiger partial charge in [0.25, 0.3) is 0 Å². The summed E-state index contributed by atoms with van der Waals surface area (Å²) in [7, 11) is 0. The molecular weight excluding hydrogens is 266 g/mol. The topological polar surface area (TPSA) is 26.0 Å². The number of nitrogens with two attached hydrogens (primary N) is 1. The van der Waals surface area contributed by atoms with E-state index in [9.17, 15) is 0 Å². The summed E-state index contributed by atoms with van der Waals surface area (Å²) in [5, 5.41) is 0. The van der Waals surface area contributed by atoms with Crippen molar-refractivity contribution in [1.29, 1.82) is 0 Å². The molecule has 1 nitrogen and oxygen atoms in total. The molecule has 0 aliphatic heterocycles. The van der Waals surface area contributed by atoms with Gasteiger partial charge in [-0.05, 0) is 72.8 Å². The summed E-state index contributed by atoms with van der Waals surface area (Å²) >= 11 is 0. The number of anilines is 1. The molecule has 2 aromatic rings. The molecule has 1 heteroatoms. The van der Waals surface area contributed by atoms with E-state index in [1.807, 2.05) is 12.1 Å². The fraction of sp³-hybridized carbons (Fsp3) is 0.333. The summed E-state index contributed by atoms with van der Waals surface area (Å²) in [5.74, 6) is 1.60. The Hall–Kier alpha value is -2.02. The lowest BCUT2D eigenvalue weighted by molar-refractivity contribution is 0.328. The number of nitrogen functional groups attached to an aromatic ring is 1. The Balaban J connectivity index is 1.67. The Labute approximate surface area is 133 Å². The highest BCUT2D eigenvalue weighted by Gasteiger charge is 2.21. The third-order valence-electron chi connectivity index (χ3n) is 4.97. The van der Waals surface area contributed by atoms with Crippen LogP contribution in [0.4, 0.5) is 5.69 Å². The Morgan fingerprint density at radius 3 is 1.95 bits per heavy atom. The van der Waals surface area contributed by atoms with Gasteiger partial charge in [0.15, 0.2) is 0 Å². The van der Waals surface area contributed by atoms with Crippen LogP contribution in [-0.2, 0) is 0 Å². The van der Waals surface area contributed by atoms with Gasteiger partial charge in [0.2, 0.25) is 0 Å². The van der Waals surface area contributed by atoms with Crippen molar-refractivity contribution in [3.8, 4) is 11.1 Å². The monoisotopic (exact) mass is 291 g/mol. The van der Waals surface area contributed by atoms with Gasteiger partial charge in [-0.25, -0.2) is 0 Å². The second kappa shape index (κ2) is 6.83. The Morgan fingerprint density at radius 2 is 1.41 bits per heavy atom. The summed E-state index contributed by atoms with van der Waals surface area (Å²) in [6, 6.07) is 17.2. The van der Waals surface area contributed by atoms with Crippen LogP contribution in [0.2, 0.25) is 0 Å². The van der Waals surface area contributed by atoms with E-state index in [0.717, 1.165) is 17.5 Å². The lowest BCUT2D eigenvalue weighted by atomic mass is 9.77. The van der Waals surface area contributed by atoms with Crippen molar-refractivity contribution < 1.29 is 0 Å². The molecule has 2 N–H and O–H groups in total. The van der Waals surface area contributed by atoms with Crippen LogP contribution in [0.15, 0.2) is 61.2 Å². The Bertz CT molecular complexity index is 601. The molecule has 0 bridgehead atoms. The Morgan fingerprint density at radius 1 is 0.864 bits per heavy atom. The molecule has 0 atom stereocenters. The summed E-state index contributed by atoms with van der Waals surface area (Å²) < 4.78 is 0. The van der Waals surface area contributed by atoms with Crippen molar-refractivity contribution in [2.75, 3.05) is 5.73 Å². The van der Waals surface area contributed by atoms with Gasteiger partial charge in [-0.15, -0.1) is 6.58 Å². The van der Waals surface area contributed by atoms with Crippen LogP contribution in [0, 0.1) is 5.92 Å². The number of hydrogen-bond donors (Lipinski definition) is 1. The molecule has 0 amide bonds. The van der Waals surface area contributed by atoms with E-state index in [4.69, 9.17) is 5.73 Å². The largest absolute Gasteiger partial charge is 0.399 e. The van der Waals surface area contributed by atoms with Gasteiger partial charge in [-0.3, -0.25) is 0 Å². The SMILES string of the molecule is C=CC[C@H]1CC[C@H](c2ccc(-c3ccc(N)cc3)cc2)CC1. The van der Waals surface area contributed by atoms with Crippen molar-refractivity contribution in [3.63, 3.8) is 0 Å². The van der Waals surface area contributed by atoms with E-state index in [1.165, 1.54) is 48.8 Å². The summed E-state index contributed by atoms with van der Waals surface area (Å²) in [6.45, 7) is 3.87. The number of rotatable bonds is 4. The smallest absolute Gasteiger partial charge is 0.0314 e. The maximum atomic E-state index is 5.75. The van der Waals surface area contributed by atoms with Gasteiger partial charge < -0.3 is 5.73 Å². The minimum Gasteiger partial charge on any atom is -0.399 e. The van der Waals surface area contributed by atoms with E-state index in [1.54, 1.807) is 0 Å².